The van der Waals surface area contributed by atoms with Gasteiger partial charge in [-0.05, 0) is 42.8 Å². The molecular weight excluding hydrogens is 402 g/mol. The van der Waals surface area contributed by atoms with Crippen LogP contribution in [0.3, 0.4) is 0 Å². The number of benzene rings is 1. The molecule has 164 valence electrons. The van der Waals surface area contributed by atoms with Crippen molar-refractivity contribution in [2.24, 2.45) is 5.73 Å². The van der Waals surface area contributed by atoms with Gasteiger partial charge in [-0.15, -0.1) is 0 Å². The largest absolute Gasteiger partial charge is 0.398 e. The molecular formula is C24H27N7O. The first-order valence-corrected chi connectivity index (χ1v) is 10.4. The molecule has 1 aliphatic heterocycles. The molecule has 0 bridgehead atoms. The number of nitrogens with one attached hydrogen (secondary N) is 2. The van der Waals surface area contributed by atoms with Crippen molar-refractivity contribution in [2.75, 3.05) is 36.5 Å². The van der Waals surface area contributed by atoms with E-state index in [2.05, 4.69) is 33.9 Å². The molecule has 0 spiro atoms. The molecule has 1 fully saturated rings. The molecule has 1 saturated heterocycles. The van der Waals surface area contributed by atoms with Gasteiger partial charge in [0.1, 0.15) is 0 Å². The van der Waals surface area contributed by atoms with E-state index in [1.165, 1.54) is 11.9 Å². The van der Waals surface area contributed by atoms with Crippen LogP contribution in [0.25, 0.3) is 11.2 Å². The van der Waals surface area contributed by atoms with Gasteiger partial charge in [-0.2, -0.15) is 0 Å². The van der Waals surface area contributed by atoms with Crippen LogP contribution < -0.4 is 16.0 Å². The Morgan fingerprint density at radius 2 is 2.00 bits per heavy atom. The zero-order valence-electron chi connectivity index (χ0n) is 18.1. The minimum absolute atomic E-state index is 0.496. The number of anilines is 3. The van der Waals surface area contributed by atoms with Crippen LogP contribution in [0, 0.1) is 5.41 Å². The lowest BCUT2D eigenvalue weighted by Crippen LogP contribution is -2.36. The Balaban J connectivity index is 1.65. The molecule has 8 heteroatoms. The Kier molecular flexibility index (Phi) is 6.32. The lowest BCUT2D eigenvalue weighted by molar-refractivity contribution is 0.122. The number of nitrogens with zero attached hydrogens (tertiary/aromatic N) is 4. The Morgan fingerprint density at radius 3 is 2.69 bits per heavy atom. The first-order chi connectivity index (χ1) is 15.6. The maximum absolute atomic E-state index is 7.41. The van der Waals surface area contributed by atoms with Gasteiger partial charge >= 0.3 is 0 Å². The fraction of sp³-hybridized carbons (Fsp3) is 0.208. The van der Waals surface area contributed by atoms with Crippen molar-refractivity contribution in [3.05, 3.63) is 78.6 Å². The van der Waals surface area contributed by atoms with Crippen LogP contribution in [0.5, 0.6) is 0 Å². The SMILES string of the molecule is C=C/C(=C\C(N)=C(/C)C=N)c1cn2ccnc2c(Nc2ccc(N3CCOCC3)cc2)n1. The highest BCUT2D eigenvalue weighted by Crippen LogP contribution is 2.25. The van der Waals surface area contributed by atoms with Gasteiger partial charge in [0.15, 0.2) is 11.5 Å². The molecule has 0 saturated carbocycles. The van der Waals surface area contributed by atoms with Crippen LogP contribution in [0.4, 0.5) is 17.2 Å². The normalized spacial score (nSPS) is 15.4. The maximum atomic E-state index is 7.41. The Hall–Kier alpha value is -3.91. The first-order valence-electron chi connectivity index (χ1n) is 10.4. The van der Waals surface area contributed by atoms with Crippen molar-refractivity contribution < 1.29 is 4.74 Å². The maximum Gasteiger partial charge on any atom is 0.180 e. The van der Waals surface area contributed by atoms with Crippen molar-refractivity contribution in [1.29, 1.82) is 5.41 Å². The highest BCUT2D eigenvalue weighted by molar-refractivity contribution is 5.81. The third kappa shape index (κ3) is 4.55. The summed E-state index contributed by atoms with van der Waals surface area (Å²) in [6, 6.07) is 8.27. The van der Waals surface area contributed by atoms with Crippen LogP contribution in [0.1, 0.15) is 12.6 Å². The van der Waals surface area contributed by atoms with Crippen molar-refractivity contribution >= 4 is 34.6 Å². The predicted molar refractivity (Wildman–Crippen MR) is 130 cm³/mol. The number of imidazole rings is 1. The number of ether oxygens (including phenoxy) is 1. The summed E-state index contributed by atoms with van der Waals surface area (Å²) in [5.41, 5.74) is 11.5. The van der Waals surface area contributed by atoms with Crippen molar-refractivity contribution in [1.82, 2.24) is 14.4 Å². The van der Waals surface area contributed by atoms with E-state index in [4.69, 9.17) is 20.9 Å². The highest BCUT2D eigenvalue weighted by atomic mass is 16.5. The Morgan fingerprint density at radius 1 is 1.25 bits per heavy atom. The van der Waals surface area contributed by atoms with Gasteiger partial charge in [-0.1, -0.05) is 12.7 Å². The molecule has 0 unspecified atom stereocenters. The molecule has 3 heterocycles. The minimum Gasteiger partial charge on any atom is -0.398 e. The summed E-state index contributed by atoms with van der Waals surface area (Å²) < 4.78 is 7.35. The summed E-state index contributed by atoms with van der Waals surface area (Å²) >= 11 is 0. The summed E-state index contributed by atoms with van der Waals surface area (Å²) in [6.07, 6.45) is 10.2. The van der Waals surface area contributed by atoms with Gasteiger partial charge in [0.05, 0.1) is 18.9 Å². The fourth-order valence-corrected chi connectivity index (χ4v) is 3.47. The van der Waals surface area contributed by atoms with Gasteiger partial charge in [0.2, 0.25) is 0 Å². The van der Waals surface area contributed by atoms with Crippen molar-refractivity contribution in [3.63, 3.8) is 0 Å². The van der Waals surface area contributed by atoms with Crippen LogP contribution in [-0.2, 0) is 4.74 Å². The number of fused-ring (bicyclic) bond motifs is 1. The van der Waals surface area contributed by atoms with Gasteiger partial charge in [0, 0.05) is 60.5 Å². The average Bonchev–Trinajstić information content (AvgIpc) is 3.32. The molecule has 0 aliphatic carbocycles. The molecule has 0 radical (unpaired) electrons. The molecule has 2 aromatic heterocycles. The van der Waals surface area contributed by atoms with E-state index in [-0.39, 0.29) is 0 Å². The Bertz CT molecular complexity index is 1180. The fourth-order valence-electron chi connectivity index (χ4n) is 3.47. The van der Waals surface area contributed by atoms with E-state index in [1.54, 1.807) is 25.3 Å². The topological polar surface area (TPSA) is 105 Å². The first kappa shape index (κ1) is 21.3. The van der Waals surface area contributed by atoms with Crippen LogP contribution >= 0.6 is 0 Å². The number of hydrogen-bond donors (Lipinski definition) is 3. The predicted octanol–water partition coefficient (Wildman–Crippen LogP) is 3.76. The number of morpholine rings is 1. The third-order valence-corrected chi connectivity index (χ3v) is 5.38. The molecule has 4 N–H and O–H groups in total. The quantitative estimate of drug-likeness (QED) is 0.390. The van der Waals surface area contributed by atoms with E-state index < -0.39 is 0 Å². The summed E-state index contributed by atoms with van der Waals surface area (Å²) in [5, 5.41) is 10.8. The van der Waals surface area contributed by atoms with Crippen LogP contribution in [0.2, 0.25) is 0 Å². The monoisotopic (exact) mass is 429 g/mol. The van der Waals surface area contributed by atoms with E-state index >= 15 is 0 Å². The molecule has 1 aliphatic rings. The van der Waals surface area contributed by atoms with Gasteiger partial charge in [0.25, 0.3) is 0 Å². The van der Waals surface area contributed by atoms with Gasteiger partial charge in [-0.3, -0.25) is 0 Å². The lowest BCUT2D eigenvalue weighted by atomic mass is 10.1. The summed E-state index contributed by atoms with van der Waals surface area (Å²) in [5.74, 6) is 0.630. The molecule has 0 atom stereocenters. The van der Waals surface area contributed by atoms with Crippen LogP contribution in [0.15, 0.2) is 72.9 Å². The third-order valence-electron chi connectivity index (χ3n) is 5.38. The minimum atomic E-state index is 0.496. The lowest BCUT2D eigenvalue weighted by Gasteiger charge is -2.28. The number of rotatable bonds is 7. The van der Waals surface area contributed by atoms with Crippen molar-refractivity contribution in [2.45, 2.75) is 6.92 Å². The molecule has 8 nitrogen and oxygen atoms in total. The second-order valence-electron chi connectivity index (χ2n) is 7.49. The zero-order chi connectivity index (χ0) is 22.5. The number of aromatic nitrogens is 3. The smallest absolute Gasteiger partial charge is 0.180 e. The van der Waals surface area contributed by atoms with E-state index in [0.29, 0.717) is 28.4 Å². The molecule has 4 rings (SSSR count). The molecule has 32 heavy (non-hydrogen) atoms. The van der Waals surface area contributed by atoms with E-state index in [0.717, 1.165) is 37.6 Å². The number of hydrogen-bond acceptors (Lipinski definition) is 7. The second-order valence-corrected chi connectivity index (χ2v) is 7.49. The van der Waals surface area contributed by atoms with Crippen molar-refractivity contribution in [3.8, 4) is 0 Å². The highest BCUT2D eigenvalue weighted by Gasteiger charge is 2.13. The van der Waals surface area contributed by atoms with Gasteiger partial charge < -0.3 is 30.5 Å². The standard InChI is InChI=1S/C24H27N7O/c1-3-18(14-21(26)17(2)15-25)22-16-31-9-8-27-24(31)23(29-22)28-19-4-6-20(7-5-19)30-10-12-32-13-11-30/h3-9,14-16,25H,1,10-13,26H2,2H3,(H,28,29)/b18-14+,21-17-,25-15?. The number of allylic oxidation sites excluding steroid dienone is 4. The Labute approximate surface area is 187 Å². The molecule has 0 amide bonds. The second kappa shape index (κ2) is 9.49. The molecule has 3 aromatic rings. The van der Waals surface area contributed by atoms with E-state index in [9.17, 15) is 0 Å². The van der Waals surface area contributed by atoms with Crippen LogP contribution in [-0.4, -0.2) is 46.9 Å². The summed E-state index contributed by atoms with van der Waals surface area (Å²) in [6.45, 7) is 9.01. The summed E-state index contributed by atoms with van der Waals surface area (Å²) in [4.78, 5) is 11.5. The van der Waals surface area contributed by atoms with Gasteiger partial charge in [-0.25, -0.2) is 9.97 Å². The zero-order valence-corrected chi connectivity index (χ0v) is 18.1. The summed E-state index contributed by atoms with van der Waals surface area (Å²) in [7, 11) is 0. The number of nitrogens with two attached hydrogens (primary N) is 1. The van der Waals surface area contributed by atoms with E-state index in [1.807, 2.05) is 28.9 Å². The average molecular weight is 430 g/mol. The molecule has 1 aromatic carbocycles.